The van der Waals surface area contributed by atoms with Gasteiger partial charge in [0, 0.05) is 11.9 Å². The third-order valence-electron chi connectivity index (χ3n) is 1.36. The van der Waals surface area contributed by atoms with Crippen LogP contribution in [0.3, 0.4) is 0 Å². The van der Waals surface area contributed by atoms with E-state index in [4.69, 9.17) is 5.73 Å². The van der Waals surface area contributed by atoms with Gasteiger partial charge in [-0.1, -0.05) is 0 Å². The van der Waals surface area contributed by atoms with Crippen LogP contribution >= 0.6 is 12.6 Å². The molecule has 0 radical (unpaired) electrons. The van der Waals surface area contributed by atoms with Crippen molar-refractivity contribution in [3.63, 3.8) is 0 Å². The Morgan fingerprint density at radius 1 is 1.75 bits per heavy atom. The molecule has 0 fully saturated rings. The van der Waals surface area contributed by atoms with E-state index in [0.29, 0.717) is 11.4 Å². The van der Waals surface area contributed by atoms with Gasteiger partial charge < -0.3 is 5.73 Å². The highest BCUT2D eigenvalue weighted by Crippen LogP contribution is 1.97. The summed E-state index contributed by atoms with van der Waals surface area (Å²) in [5, 5.41) is 7.21. The van der Waals surface area contributed by atoms with Crippen LogP contribution < -0.4 is 5.73 Å². The summed E-state index contributed by atoms with van der Waals surface area (Å²) in [6, 6.07) is 2.63. The van der Waals surface area contributed by atoms with Gasteiger partial charge >= 0.3 is 0 Å². The molecule has 0 aliphatic rings. The van der Waals surface area contributed by atoms with Crippen molar-refractivity contribution in [1.82, 2.24) is 10.2 Å². The molecule has 0 amide bonds. The molecule has 4 nitrogen and oxygen atoms in total. The highest BCUT2D eigenvalue weighted by atomic mass is 32.1. The molecule has 1 heterocycles. The van der Waals surface area contributed by atoms with E-state index in [0.717, 1.165) is 0 Å². The van der Waals surface area contributed by atoms with Crippen LogP contribution in [-0.4, -0.2) is 27.8 Å². The summed E-state index contributed by atoms with van der Waals surface area (Å²) in [5.74, 6) is 0.0909. The van der Waals surface area contributed by atoms with Crippen LogP contribution in [0.15, 0.2) is 18.3 Å². The fourth-order valence-corrected chi connectivity index (χ4v) is 0.872. The number of nitrogens with zero attached hydrogens (tertiary/aromatic N) is 2. The van der Waals surface area contributed by atoms with Crippen molar-refractivity contribution in [3.05, 3.63) is 24.0 Å². The molecule has 0 spiro atoms. The van der Waals surface area contributed by atoms with Crippen LogP contribution in [0.2, 0.25) is 0 Å². The van der Waals surface area contributed by atoms with Gasteiger partial charge in [-0.25, -0.2) is 0 Å². The monoisotopic (exact) mass is 183 g/mol. The Hall–Kier alpha value is -0.940. The number of Topliss-reactive ketones (excluding diaryl/α,β-unsaturated/α-hetero) is 1. The van der Waals surface area contributed by atoms with Gasteiger partial charge in [0.15, 0.2) is 0 Å². The van der Waals surface area contributed by atoms with Crippen LogP contribution in [-0.2, 0) is 0 Å². The van der Waals surface area contributed by atoms with Gasteiger partial charge in [0.05, 0.1) is 6.04 Å². The maximum atomic E-state index is 11.3. The first-order valence-corrected chi connectivity index (χ1v) is 4.07. The van der Waals surface area contributed by atoms with Crippen molar-refractivity contribution in [2.24, 2.45) is 5.73 Å². The second kappa shape index (κ2) is 4.18. The first-order chi connectivity index (χ1) is 5.75. The topological polar surface area (TPSA) is 68.9 Å². The maximum absolute atomic E-state index is 11.3. The molecule has 1 atom stereocenters. The molecule has 0 saturated carbocycles. The largest absolute Gasteiger partial charge is 0.320 e. The Bertz CT molecular complexity index is 265. The number of carbonyl (C=O) groups excluding carboxylic acids is 1. The molecule has 0 bridgehead atoms. The molecular formula is C7H9N3OS. The van der Waals surface area contributed by atoms with Crippen LogP contribution in [0.25, 0.3) is 0 Å². The van der Waals surface area contributed by atoms with Crippen molar-refractivity contribution in [3.8, 4) is 0 Å². The summed E-state index contributed by atoms with van der Waals surface area (Å²) in [5.41, 5.74) is 5.75. The Balaban J connectivity index is 2.79. The number of thiol groups is 1. The molecule has 1 rings (SSSR count). The predicted octanol–water partition coefficient (Wildman–Crippen LogP) is -0.0836. The van der Waals surface area contributed by atoms with E-state index < -0.39 is 6.04 Å². The second-order valence-electron chi connectivity index (χ2n) is 2.26. The minimum absolute atomic E-state index is 0.224. The van der Waals surface area contributed by atoms with Gasteiger partial charge in [-0.15, -0.1) is 5.10 Å². The number of hydrogen-bond acceptors (Lipinski definition) is 5. The number of rotatable bonds is 3. The zero-order valence-corrected chi connectivity index (χ0v) is 7.24. The van der Waals surface area contributed by atoms with Crippen molar-refractivity contribution >= 4 is 18.4 Å². The summed E-state index contributed by atoms with van der Waals surface area (Å²) in [6.45, 7) is 0. The highest BCUT2D eigenvalue weighted by molar-refractivity contribution is 7.80. The molecule has 1 aromatic rings. The fourth-order valence-electron chi connectivity index (χ4n) is 0.706. The molecule has 64 valence electrons. The highest BCUT2D eigenvalue weighted by Gasteiger charge is 2.14. The van der Waals surface area contributed by atoms with Gasteiger partial charge in [-0.3, -0.25) is 4.79 Å². The Labute approximate surface area is 75.6 Å². The Morgan fingerprint density at radius 3 is 3.00 bits per heavy atom. The smallest absolute Gasteiger partial charge is 0.200 e. The molecule has 0 saturated heterocycles. The molecule has 0 aliphatic carbocycles. The molecule has 2 N–H and O–H groups in total. The summed E-state index contributed by atoms with van der Waals surface area (Å²) in [6.07, 6.45) is 1.50. The average Bonchev–Trinajstić information content (AvgIpc) is 2.17. The number of ketones is 1. The average molecular weight is 183 g/mol. The van der Waals surface area contributed by atoms with E-state index >= 15 is 0 Å². The third-order valence-corrected chi connectivity index (χ3v) is 1.75. The van der Waals surface area contributed by atoms with Gasteiger partial charge in [0.2, 0.25) is 5.78 Å². The summed E-state index contributed by atoms with van der Waals surface area (Å²) in [4.78, 5) is 11.3. The lowest BCUT2D eigenvalue weighted by Gasteiger charge is -2.04. The van der Waals surface area contributed by atoms with Gasteiger partial charge in [-0.2, -0.15) is 17.7 Å². The van der Waals surface area contributed by atoms with Crippen molar-refractivity contribution < 1.29 is 4.79 Å². The summed E-state index contributed by atoms with van der Waals surface area (Å²) < 4.78 is 0. The predicted molar refractivity (Wildman–Crippen MR) is 48.2 cm³/mol. The molecular weight excluding hydrogens is 174 g/mol. The normalized spacial score (nSPS) is 12.5. The van der Waals surface area contributed by atoms with E-state index in [2.05, 4.69) is 22.8 Å². The molecule has 0 aromatic carbocycles. The van der Waals surface area contributed by atoms with Crippen LogP contribution in [0.1, 0.15) is 10.5 Å². The van der Waals surface area contributed by atoms with Crippen LogP contribution in [0, 0.1) is 0 Å². The standard InChI is InChI=1S/C7H9N3OS/c8-5(4-12)7(11)6-2-1-3-9-10-6/h1-3,5,12H,4,8H2/t5-/m0/s1. The molecule has 12 heavy (non-hydrogen) atoms. The summed E-state index contributed by atoms with van der Waals surface area (Å²) in [7, 11) is 0. The maximum Gasteiger partial charge on any atom is 0.200 e. The number of carbonyl (C=O) groups is 1. The molecule has 0 unspecified atom stereocenters. The van der Waals surface area contributed by atoms with Gasteiger partial charge in [-0.05, 0) is 12.1 Å². The van der Waals surface area contributed by atoms with E-state index in [1.54, 1.807) is 12.1 Å². The second-order valence-corrected chi connectivity index (χ2v) is 2.63. The van der Waals surface area contributed by atoms with E-state index in [-0.39, 0.29) is 5.78 Å². The van der Waals surface area contributed by atoms with E-state index in [9.17, 15) is 4.79 Å². The molecule has 0 aliphatic heterocycles. The number of hydrogen-bond donors (Lipinski definition) is 2. The zero-order chi connectivity index (χ0) is 8.97. The third kappa shape index (κ3) is 2.02. The lowest BCUT2D eigenvalue weighted by atomic mass is 10.1. The van der Waals surface area contributed by atoms with Crippen molar-refractivity contribution in [1.29, 1.82) is 0 Å². The lowest BCUT2D eigenvalue weighted by Crippen LogP contribution is -2.32. The van der Waals surface area contributed by atoms with Crippen molar-refractivity contribution in [2.75, 3.05) is 5.75 Å². The van der Waals surface area contributed by atoms with E-state index in [1.807, 2.05) is 0 Å². The first-order valence-electron chi connectivity index (χ1n) is 3.44. The van der Waals surface area contributed by atoms with Crippen LogP contribution in [0.4, 0.5) is 0 Å². The van der Waals surface area contributed by atoms with Crippen molar-refractivity contribution in [2.45, 2.75) is 6.04 Å². The Kier molecular flexibility index (Phi) is 3.19. The minimum Gasteiger partial charge on any atom is -0.320 e. The van der Waals surface area contributed by atoms with Crippen LogP contribution in [0.5, 0.6) is 0 Å². The van der Waals surface area contributed by atoms with Gasteiger partial charge in [0.1, 0.15) is 5.69 Å². The fraction of sp³-hybridized carbons (Fsp3) is 0.286. The first kappa shape index (κ1) is 9.15. The van der Waals surface area contributed by atoms with E-state index in [1.165, 1.54) is 6.20 Å². The van der Waals surface area contributed by atoms with Gasteiger partial charge in [0.25, 0.3) is 0 Å². The molecule has 1 aromatic heterocycles. The number of nitrogens with two attached hydrogens (primary N) is 1. The summed E-state index contributed by atoms with van der Waals surface area (Å²) >= 11 is 3.91. The SMILES string of the molecule is N[C@@H](CS)C(=O)c1cccnn1. The minimum atomic E-state index is -0.593. The number of aromatic nitrogens is 2. The lowest BCUT2D eigenvalue weighted by molar-refractivity contribution is 0.0964. The Morgan fingerprint density at radius 2 is 2.50 bits per heavy atom. The molecule has 5 heteroatoms. The zero-order valence-electron chi connectivity index (χ0n) is 6.34. The quantitative estimate of drug-likeness (QED) is 0.508.